The number of aromatic amines is 1. The van der Waals surface area contributed by atoms with Crippen molar-refractivity contribution in [2.45, 2.75) is 11.2 Å². The number of rotatable bonds is 6. The summed E-state index contributed by atoms with van der Waals surface area (Å²) in [6.07, 6.45) is 0. The third-order valence-corrected chi connectivity index (χ3v) is 4.23. The summed E-state index contributed by atoms with van der Waals surface area (Å²) in [7, 11) is 0. The number of hydrogen-bond acceptors (Lipinski definition) is 5. The second-order valence-electron chi connectivity index (χ2n) is 5.11. The monoisotopic (exact) mass is 339 g/mol. The first-order valence-corrected chi connectivity index (χ1v) is 8.41. The first-order valence-electron chi connectivity index (χ1n) is 7.42. The molecule has 3 rings (SSSR count). The second-order valence-corrected chi connectivity index (χ2v) is 6.06. The largest absolute Gasteiger partial charge is 0.368 e. The van der Waals surface area contributed by atoms with E-state index in [0.717, 1.165) is 11.1 Å². The van der Waals surface area contributed by atoms with Crippen molar-refractivity contribution in [2.24, 2.45) is 0 Å². The van der Waals surface area contributed by atoms with Crippen molar-refractivity contribution in [3.05, 3.63) is 71.8 Å². The SMILES string of the molecule is Nc1nc(SCC(=O)NC(c2ccccc2)c2ccccc2)n[nH]1. The van der Waals surface area contributed by atoms with Crippen LogP contribution in [0.4, 0.5) is 5.95 Å². The Morgan fingerprint density at radius 2 is 1.67 bits per heavy atom. The van der Waals surface area contributed by atoms with E-state index < -0.39 is 0 Å². The predicted molar refractivity (Wildman–Crippen MR) is 94.4 cm³/mol. The molecule has 0 aliphatic rings. The number of H-pyrrole nitrogens is 1. The molecule has 0 radical (unpaired) electrons. The standard InChI is InChI=1S/C17H17N5OS/c18-16-20-17(22-21-16)24-11-14(23)19-15(12-7-3-1-4-8-12)13-9-5-2-6-10-13/h1-10,15H,11H2,(H,19,23)(H3,18,20,21,22). The molecule has 0 aliphatic carbocycles. The Balaban J connectivity index is 1.71. The zero-order valence-corrected chi connectivity index (χ0v) is 13.7. The number of amides is 1. The van der Waals surface area contributed by atoms with Crippen LogP contribution in [0, 0.1) is 0 Å². The zero-order chi connectivity index (χ0) is 16.8. The highest BCUT2D eigenvalue weighted by molar-refractivity contribution is 7.99. The van der Waals surface area contributed by atoms with Crippen molar-refractivity contribution in [3.8, 4) is 0 Å². The molecule has 1 amide bonds. The molecule has 3 aromatic rings. The fourth-order valence-corrected chi connectivity index (χ4v) is 2.92. The van der Waals surface area contributed by atoms with Crippen LogP contribution in [-0.2, 0) is 4.79 Å². The minimum absolute atomic E-state index is 0.0962. The van der Waals surface area contributed by atoms with Gasteiger partial charge in [-0.3, -0.25) is 4.79 Å². The molecule has 1 aromatic heterocycles. The Morgan fingerprint density at radius 3 is 2.17 bits per heavy atom. The third-order valence-electron chi connectivity index (χ3n) is 3.39. The van der Waals surface area contributed by atoms with E-state index in [0.29, 0.717) is 5.16 Å². The topological polar surface area (TPSA) is 96.7 Å². The number of benzene rings is 2. The van der Waals surface area contributed by atoms with Crippen LogP contribution >= 0.6 is 11.8 Å². The Labute approximate surface area is 143 Å². The number of nitrogens with zero attached hydrogens (tertiary/aromatic N) is 2. The number of hydrogen-bond donors (Lipinski definition) is 3. The van der Waals surface area contributed by atoms with Crippen LogP contribution in [0.2, 0.25) is 0 Å². The highest BCUT2D eigenvalue weighted by Gasteiger charge is 2.17. The smallest absolute Gasteiger partial charge is 0.231 e. The van der Waals surface area contributed by atoms with Crippen LogP contribution in [0.3, 0.4) is 0 Å². The van der Waals surface area contributed by atoms with Crippen molar-refractivity contribution < 1.29 is 4.79 Å². The number of nitrogens with two attached hydrogens (primary N) is 1. The Hall–Kier alpha value is -2.80. The molecular weight excluding hydrogens is 322 g/mol. The van der Waals surface area contributed by atoms with Crippen molar-refractivity contribution in [2.75, 3.05) is 11.5 Å². The van der Waals surface area contributed by atoms with Crippen LogP contribution in [0.15, 0.2) is 65.8 Å². The summed E-state index contributed by atoms with van der Waals surface area (Å²) in [5.41, 5.74) is 7.54. The quantitative estimate of drug-likeness (QED) is 0.599. The summed E-state index contributed by atoms with van der Waals surface area (Å²) in [5, 5.41) is 9.98. The van der Waals surface area contributed by atoms with Gasteiger partial charge in [-0.15, -0.1) is 5.10 Å². The van der Waals surface area contributed by atoms with Crippen LogP contribution in [-0.4, -0.2) is 26.8 Å². The van der Waals surface area contributed by atoms with Gasteiger partial charge in [0, 0.05) is 0 Å². The molecule has 0 atom stereocenters. The van der Waals surface area contributed by atoms with Gasteiger partial charge in [-0.2, -0.15) is 4.98 Å². The van der Waals surface area contributed by atoms with E-state index in [1.165, 1.54) is 11.8 Å². The van der Waals surface area contributed by atoms with Crippen LogP contribution in [0.5, 0.6) is 0 Å². The van der Waals surface area contributed by atoms with Gasteiger partial charge in [0.1, 0.15) is 0 Å². The molecule has 0 saturated heterocycles. The molecule has 0 aliphatic heterocycles. The average Bonchev–Trinajstić information content (AvgIpc) is 3.05. The van der Waals surface area contributed by atoms with E-state index in [9.17, 15) is 4.79 Å². The molecule has 0 saturated carbocycles. The first kappa shape index (κ1) is 16.1. The maximum absolute atomic E-state index is 12.4. The lowest BCUT2D eigenvalue weighted by Crippen LogP contribution is -2.30. The van der Waals surface area contributed by atoms with Crippen molar-refractivity contribution in [1.29, 1.82) is 0 Å². The summed E-state index contributed by atoms with van der Waals surface area (Å²) < 4.78 is 0. The highest BCUT2D eigenvalue weighted by atomic mass is 32.2. The molecule has 0 unspecified atom stereocenters. The van der Waals surface area contributed by atoms with Gasteiger partial charge < -0.3 is 11.1 Å². The lowest BCUT2D eigenvalue weighted by molar-refractivity contribution is -0.119. The summed E-state index contributed by atoms with van der Waals surface area (Å²) in [4.78, 5) is 16.3. The summed E-state index contributed by atoms with van der Waals surface area (Å²) in [6.45, 7) is 0. The Morgan fingerprint density at radius 1 is 1.08 bits per heavy atom. The van der Waals surface area contributed by atoms with Gasteiger partial charge in [0.25, 0.3) is 0 Å². The van der Waals surface area contributed by atoms with Gasteiger partial charge in [0.05, 0.1) is 11.8 Å². The highest BCUT2D eigenvalue weighted by Crippen LogP contribution is 2.22. The molecular formula is C17H17N5OS. The van der Waals surface area contributed by atoms with Crippen LogP contribution in [0.1, 0.15) is 17.2 Å². The van der Waals surface area contributed by atoms with Gasteiger partial charge >= 0.3 is 0 Å². The molecule has 4 N–H and O–H groups in total. The molecule has 6 nitrogen and oxygen atoms in total. The average molecular weight is 339 g/mol. The van der Waals surface area contributed by atoms with E-state index in [1.54, 1.807) is 0 Å². The van der Waals surface area contributed by atoms with E-state index in [2.05, 4.69) is 20.5 Å². The minimum atomic E-state index is -0.197. The minimum Gasteiger partial charge on any atom is -0.368 e. The number of anilines is 1. The molecule has 2 aromatic carbocycles. The predicted octanol–water partition coefficient (Wildman–Crippen LogP) is 2.38. The lowest BCUT2D eigenvalue weighted by atomic mass is 9.99. The van der Waals surface area contributed by atoms with Crippen LogP contribution in [0.25, 0.3) is 0 Å². The lowest BCUT2D eigenvalue weighted by Gasteiger charge is -2.19. The maximum Gasteiger partial charge on any atom is 0.231 e. The fourth-order valence-electron chi connectivity index (χ4n) is 2.31. The van der Waals surface area contributed by atoms with E-state index in [1.807, 2.05) is 60.7 Å². The van der Waals surface area contributed by atoms with Crippen molar-refractivity contribution >= 4 is 23.6 Å². The van der Waals surface area contributed by atoms with E-state index >= 15 is 0 Å². The summed E-state index contributed by atoms with van der Waals surface area (Å²) in [6, 6.07) is 19.6. The van der Waals surface area contributed by atoms with E-state index in [4.69, 9.17) is 5.73 Å². The molecule has 0 fully saturated rings. The summed E-state index contributed by atoms with van der Waals surface area (Å²) in [5.74, 6) is 0.360. The van der Waals surface area contributed by atoms with Gasteiger partial charge in [-0.1, -0.05) is 72.4 Å². The number of nitrogen functional groups attached to an aromatic ring is 1. The molecule has 7 heteroatoms. The van der Waals surface area contributed by atoms with Crippen molar-refractivity contribution in [3.63, 3.8) is 0 Å². The number of aromatic nitrogens is 3. The Kier molecular flexibility index (Phi) is 5.12. The molecule has 1 heterocycles. The van der Waals surface area contributed by atoms with Crippen LogP contribution < -0.4 is 11.1 Å². The zero-order valence-electron chi connectivity index (χ0n) is 12.8. The maximum atomic E-state index is 12.4. The normalized spacial score (nSPS) is 10.7. The van der Waals surface area contributed by atoms with E-state index in [-0.39, 0.29) is 23.7 Å². The van der Waals surface area contributed by atoms with Gasteiger partial charge in [0.15, 0.2) is 0 Å². The first-order chi connectivity index (χ1) is 11.7. The second kappa shape index (κ2) is 7.65. The number of carbonyl (C=O) groups is 1. The van der Waals surface area contributed by atoms with Gasteiger partial charge in [0.2, 0.25) is 17.0 Å². The molecule has 0 bridgehead atoms. The van der Waals surface area contributed by atoms with Crippen molar-refractivity contribution in [1.82, 2.24) is 20.5 Å². The third kappa shape index (κ3) is 4.14. The molecule has 122 valence electrons. The number of carbonyl (C=O) groups excluding carboxylic acids is 1. The molecule has 24 heavy (non-hydrogen) atoms. The van der Waals surface area contributed by atoms with Gasteiger partial charge in [-0.25, -0.2) is 5.10 Å². The number of thioether (sulfide) groups is 1. The number of nitrogens with one attached hydrogen (secondary N) is 2. The Bertz CT molecular complexity index is 752. The van der Waals surface area contributed by atoms with Gasteiger partial charge in [-0.05, 0) is 11.1 Å². The fraction of sp³-hybridized carbons (Fsp3) is 0.118. The molecule has 0 spiro atoms. The summed E-state index contributed by atoms with van der Waals surface area (Å²) >= 11 is 1.24.